The van der Waals surface area contributed by atoms with Crippen LogP contribution in [0.25, 0.3) is 0 Å². The van der Waals surface area contributed by atoms with Crippen molar-refractivity contribution in [1.29, 1.82) is 0 Å². The summed E-state index contributed by atoms with van der Waals surface area (Å²) in [6, 6.07) is 19.4. The molecule has 1 N–H and O–H groups in total. The summed E-state index contributed by atoms with van der Waals surface area (Å²) in [5.41, 5.74) is 2.88. The van der Waals surface area contributed by atoms with Crippen LogP contribution in [-0.4, -0.2) is 10.9 Å². The number of aromatic nitrogens is 1. The van der Waals surface area contributed by atoms with E-state index in [-0.39, 0.29) is 5.91 Å². The monoisotopic (exact) mass is 346 g/mol. The molecule has 0 saturated heterocycles. The Kier molecular flexibility index (Phi) is 5.99. The fraction of sp³-hybridized carbons (Fsp3) is 0.182. The number of carbonyl (C=O) groups excluding carboxylic acids is 1. The van der Waals surface area contributed by atoms with Crippen LogP contribution in [0, 0.1) is 0 Å². The molecule has 2 aromatic carbocycles. The van der Waals surface area contributed by atoms with Gasteiger partial charge in [0.25, 0.3) is 5.91 Å². The van der Waals surface area contributed by atoms with Crippen LogP contribution < -0.4 is 10.1 Å². The van der Waals surface area contributed by atoms with Crippen LogP contribution in [0.4, 0.5) is 0 Å². The van der Waals surface area contributed by atoms with E-state index in [9.17, 15) is 4.79 Å². The van der Waals surface area contributed by atoms with Crippen molar-refractivity contribution >= 4 is 5.91 Å². The Morgan fingerprint density at radius 2 is 1.62 bits per heavy atom. The first-order chi connectivity index (χ1) is 12.7. The fourth-order valence-corrected chi connectivity index (χ4v) is 2.61. The van der Waals surface area contributed by atoms with Crippen molar-refractivity contribution in [3.63, 3.8) is 0 Å². The quantitative estimate of drug-likeness (QED) is 0.671. The molecule has 0 saturated carbocycles. The molecule has 4 nitrogen and oxygen atoms in total. The molecular weight excluding hydrogens is 324 g/mol. The van der Waals surface area contributed by atoms with Crippen LogP contribution in [0.5, 0.6) is 11.5 Å². The van der Waals surface area contributed by atoms with Gasteiger partial charge in [-0.2, -0.15) is 0 Å². The minimum atomic E-state index is -0.134. The molecule has 1 aromatic heterocycles. The van der Waals surface area contributed by atoms with Crippen molar-refractivity contribution in [2.75, 3.05) is 0 Å². The summed E-state index contributed by atoms with van der Waals surface area (Å²) < 4.78 is 5.87. The van der Waals surface area contributed by atoms with Gasteiger partial charge in [0.05, 0.1) is 5.56 Å². The first-order valence-corrected chi connectivity index (χ1v) is 8.78. The summed E-state index contributed by atoms with van der Waals surface area (Å²) in [4.78, 5) is 16.0. The average molecular weight is 346 g/mol. The highest BCUT2D eigenvalue weighted by atomic mass is 16.5. The number of pyridine rings is 1. The lowest BCUT2D eigenvalue weighted by atomic mass is 10.1. The highest BCUT2D eigenvalue weighted by molar-refractivity contribution is 5.93. The Labute approximate surface area is 153 Å². The van der Waals surface area contributed by atoms with E-state index in [0.717, 1.165) is 29.9 Å². The summed E-state index contributed by atoms with van der Waals surface area (Å²) in [5.74, 6) is 1.46. The lowest BCUT2D eigenvalue weighted by Gasteiger charge is -2.09. The molecule has 1 amide bonds. The topological polar surface area (TPSA) is 51.2 Å². The number of hydrogen-bond donors (Lipinski definition) is 1. The zero-order valence-corrected chi connectivity index (χ0v) is 14.8. The first kappa shape index (κ1) is 17.7. The lowest BCUT2D eigenvalue weighted by Crippen LogP contribution is -2.22. The highest BCUT2D eigenvalue weighted by Gasteiger charge is 2.05. The van der Waals surface area contributed by atoms with Gasteiger partial charge in [0.15, 0.2) is 0 Å². The molecule has 3 aromatic rings. The third-order valence-corrected chi connectivity index (χ3v) is 4.00. The van der Waals surface area contributed by atoms with Crippen LogP contribution in [0.3, 0.4) is 0 Å². The van der Waals surface area contributed by atoms with E-state index in [4.69, 9.17) is 4.74 Å². The number of ether oxygens (including phenoxy) is 1. The molecule has 0 aliphatic heterocycles. The van der Waals surface area contributed by atoms with Crippen LogP contribution in [0.1, 0.15) is 34.8 Å². The molecule has 0 radical (unpaired) electrons. The van der Waals surface area contributed by atoms with Gasteiger partial charge in [-0.25, -0.2) is 0 Å². The van der Waals surface area contributed by atoms with Gasteiger partial charge in [-0.15, -0.1) is 0 Å². The molecule has 3 rings (SSSR count). The van der Waals surface area contributed by atoms with Crippen molar-refractivity contribution in [3.8, 4) is 11.5 Å². The van der Waals surface area contributed by atoms with Crippen LogP contribution >= 0.6 is 0 Å². The maximum Gasteiger partial charge on any atom is 0.253 e. The van der Waals surface area contributed by atoms with Crippen molar-refractivity contribution < 1.29 is 9.53 Å². The smallest absolute Gasteiger partial charge is 0.253 e. The van der Waals surface area contributed by atoms with Crippen LogP contribution in [-0.2, 0) is 13.0 Å². The van der Waals surface area contributed by atoms with E-state index < -0.39 is 0 Å². The number of amides is 1. The Balaban J connectivity index is 1.54. The van der Waals surface area contributed by atoms with E-state index in [0.29, 0.717) is 12.1 Å². The van der Waals surface area contributed by atoms with Gasteiger partial charge in [-0.1, -0.05) is 37.6 Å². The molecule has 0 spiro atoms. The molecule has 0 aliphatic carbocycles. The summed E-state index contributed by atoms with van der Waals surface area (Å²) in [6.07, 6.45) is 5.42. The molecule has 132 valence electrons. The summed E-state index contributed by atoms with van der Waals surface area (Å²) in [6.45, 7) is 2.63. The molecule has 26 heavy (non-hydrogen) atoms. The maximum absolute atomic E-state index is 12.0. The zero-order valence-electron chi connectivity index (χ0n) is 14.8. The van der Waals surface area contributed by atoms with Crippen molar-refractivity contribution in [1.82, 2.24) is 10.3 Å². The molecule has 0 atom stereocenters. The van der Waals surface area contributed by atoms with Crippen molar-refractivity contribution in [2.45, 2.75) is 26.3 Å². The molecular formula is C22H22N2O2. The van der Waals surface area contributed by atoms with Gasteiger partial charge in [0.1, 0.15) is 11.5 Å². The molecule has 0 aliphatic rings. The van der Waals surface area contributed by atoms with Gasteiger partial charge in [0.2, 0.25) is 0 Å². The summed E-state index contributed by atoms with van der Waals surface area (Å²) in [5, 5.41) is 2.88. The minimum Gasteiger partial charge on any atom is -0.457 e. The number of rotatable bonds is 7. The Hall–Kier alpha value is -3.14. The standard InChI is InChI=1S/C22H22N2O2/c1-2-4-17-6-10-20(11-7-17)26-21-12-8-18(9-13-21)15-24-22(25)19-5-3-14-23-16-19/h3,5-14,16H,2,4,15H2,1H3,(H,24,25). The second kappa shape index (κ2) is 8.81. The van der Waals surface area contributed by atoms with E-state index in [1.165, 1.54) is 5.56 Å². The predicted octanol–water partition coefficient (Wildman–Crippen LogP) is 4.76. The Morgan fingerprint density at radius 3 is 2.19 bits per heavy atom. The normalized spacial score (nSPS) is 10.3. The fourth-order valence-electron chi connectivity index (χ4n) is 2.61. The van der Waals surface area contributed by atoms with E-state index in [1.807, 2.05) is 36.4 Å². The molecule has 1 heterocycles. The zero-order chi connectivity index (χ0) is 18.2. The van der Waals surface area contributed by atoms with Crippen molar-refractivity contribution in [3.05, 3.63) is 89.7 Å². The number of hydrogen-bond acceptors (Lipinski definition) is 3. The minimum absolute atomic E-state index is 0.134. The van der Waals surface area contributed by atoms with Gasteiger partial charge in [-0.05, 0) is 53.9 Å². The van der Waals surface area contributed by atoms with E-state index in [1.54, 1.807) is 24.5 Å². The third-order valence-electron chi connectivity index (χ3n) is 4.00. The maximum atomic E-state index is 12.0. The number of nitrogens with zero attached hydrogens (tertiary/aromatic N) is 1. The second-order valence-corrected chi connectivity index (χ2v) is 6.06. The van der Waals surface area contributed by atoms with Gasteiger partial charge < -0.3 is 10.1 Å². The summed E-state index contributed by atoms with van der Waals surface area (Å²) in [7, 11) is 0. The SMILES string of the molecule is CCCc1ccc(Oc2ccc(CNC(=O)c3cccnc3)cc2)cc1. The second-order valence-electron chi connectivity index (χ2n) is 6.06. The van der Waals surface area contributed by atoms with E-state index in [2.05, 4.69) is 29.4 Å². The summed E-state index contributed by atoms with van der Waals surface area (Å²) >= 11 is 0. The van der Waals surface area contributed by atoms with Crippen LogP contribution in [0.2, 0.25) is 0 Å². The number of carbonyl (C=O) groups is 1. The average Bonchev–Trinajstić information content (AvgIpc) is 2.69. The highest BCUT2D eigenvalue weighted by Crippen LogP contribution is 2.22. The van der Waals surface area contributed by atoms with Gasteiger partial charge >= 0.3 is 0 Å². The molecule has 0 unspecified atom stereocenters. The molecule has 0 fully saturated rings. The Bertz CT molecular complexity index is 828. The first-order valence-electron chi connectivity index (χ1n) is 8.78. The largest absolute Gasteiger partial charge is 0.457 e. The molecule has 4 heteroatoms. The van der Waals surface area contributed by atoms with Crippen molar-refractivity contribution in [2.24, 2.45) is 0 Å². The molecule has 0 bridgehead atoms. The number of aryl methyl sites for hydroxylation is 1. The third kappa shape index (κ3) is 4.93. The lowest BCUT2D eigenvalue weighted by molar-refractivity contribution is 0.0950. The van der Waals surface area contributed by atoms with E-state index >= 15 is 0 Å². The van der Waals surface area contributed by atoms with Gasteiger partial charge in [0, 0.05) is 18.9 Å². The Morgan fingerprint density at radius 1 is 0.962 bits per heavy atom. The predicted molar refractivity (Wildman–Crippen MR) is 102 cm³/mol. The van der Waals surface area contributed by atoms with Gasteiger partial charge in [-0.3, -0.25) is 9.78 Å². The number of nitrogens with one attached hydrogen (secondary N) is 1. The van der Waals surface area contributed by atoms with Crippen LogP contribution in [0.15, 0.2) is 73.1 Å². The number of benzene rings is 2.